The number of benzene rings is 1. The highest BCUT2D eigenvalue weighted by Crippen LogP contribution is 2.17. The zero-order chi connectivity index (χ0) is 14.3. The molecule has 0 spiro atoms. The van der Waals surface area contributed by atoms with Gasteiger partial charge in [-0.3, -0.25) is 0 Å². The number of hydrogen-bond acceptors (Lipinski definition) is 3. The van der Waals surface area contributed by atoms with Gasteiger partial charge in [0, 0.05) is 12.6 Å². The summed E-state index contributed by atoms with van der Waals surface area (Å²) in [7, 11) is 0. The van der Waals surface area contributed by atoms with E-state index in [2.05, 4.69) is 33.2 Å². The van der Waals surface area contributed by atoms with E-state index in [-0.39, 0.29) is 0 Å². The molecule has 0 aliphatic carbocycles. The molecule has 1 N–H and O–H groups in total. The molecule has 0 fully saturated rings. The van der Waals surface area contributed by atoms with Crippen molar-refractivity contribution in [3.63, 3.8) is 0 Å². The molecule has 0 saturated heterocycles. The van der Waals surface area contributed by atoms with E-state index in [0.717, 1.165) is 34.1 Å². The van der Waals surface area contributed by atoms with Crippen LogP contribution in [0.5, 0.6) is 0 Å². The second-order valence-electron chi connectivity index (χ2n) is 5.03. The first-order valence-electron chi connectivity index (χ1n) is 7.39. The van der Waals surface area contributed by atoms with E-state index >= 15 is 0 Å². The van der Waals surface area contributed by atoms with Crippen LogP contribution < -0.4 is 0 Å². The third kappa shape index (κ3) is 4.08. The maximum absolute atomic E-state index is 4.61. The fourth-order valence-electron chi connectivity index (χ4n) is 2.30. The minimum atomic E-state index is 1.03. The van der Waals surface area contributed by atoms with Gasteiger partial charge in [0.15, 0.2) is 0 Å². The van der Waals surface area contributed by atoms with Crippen LogP contribution in [0, 0.1) is 0 Å². The van der Waals surface area contributed by atoms with Crippen molar-refractivity contribution < 1.29 is 0 Å². The molecule has 0 bridgehead atoms. The van der Waals surface area contributed by atoms with E-state index in [9.17, 15) is 0 Å². The van der Waals surface area contributed by atoms with Crippen LogP contribution in [0.2, 0.25) is 0 Å². The van der Waals surface area contributed by atoms with Crippen molar-refractivity contribution >= 4 is 22.8 Å². The molecular weight excluding hydrogens is 278 g/mol. The predicted molar refractivity (Wildman–Crippen MR) is 88.6 cm³/mol. The Labute approximate surface area is 129 Å². The SMILES string of the molecule is c1ccc(SCCCCCc2nc3ccccc3[nH]2)nc1. The van der Waals surface area contributed by atoms with Gasteiger partial charge in [-0.15, -0.1) is 11.8 Å². The molecule has 0 atom stereocenters. The minimum absolute atomic E-state index is 1.03. The Bertz CT molecular complexity index is 646. The molecule has 21 heavy (non-hydrogen) atoms. The first-order valence-corrected chi connectivity index (χ1v) is 8.38. The lowest BCUT2D eigenvalue weighted by Crippen LogP contribution is -1.89. The number of aromatic amines is 1. The Morgan fingerprint density at radius 3 is 2.71 bits per heavy atom. The number of nitrogens with one attached hydrogen (secondary N) is 1. The van der Waals surface area contributed by atoms with Crippen LogP contribution in [0.15, 0.2) is 53.7 Å². The Morgan fingerprint density at radius 1 is 0.952 bits per heavy atom. The van der Waals surface area contributed by atoms with Crippen LogP contribution in [0.3, 0.4) is 0 Å². The molecule has 2 aromatic heterocycles. The second kappa shape index (κ2) is 7.27. The lowest BCUT2D eigenvalue weighted by atomic mass is 10.2. The summed E-state index contributed by atoms with van der Waals surface area (Å²) in [5.74, 6) is 2.24. The average Bonchev–Trinajstić information content (AvgIpc) is 2.94. The highest BCUT2D eigenvalue weighted by Gasteiger charge is 2.01. The largest absolute Gasteiger partial charge is 0.342 e. The standard InChI is InChI=1S/C17H19N3S/c1(7-13-21-17-11-5-6-12-18-17)2-10-16-19-14-8-3-4-9-15(14)20-16/h3-6,8-9,11-12H,1-2,7,10,13H2,(H,19,20). The summed E-state index contributed by atoms with van der Waals surface area (Å²) < 4.78 is 0. The van der Waals surface area contributed by atoms with Crippen molar-refractivity contribution in [2.45, 2.75) is 30.7 Å². The molecule has 108 valence electrons. The maximum Gasteiger partial charge on any atom is 0.107 e. The summed E-state index contributed by atoms with van der Waals surface area (Å²) in [6.45, 7) is 0. The van der Waals surface area contributed by atoms with E-state index < -0.39 is 0 Å². The Morgan fingerprint density at radius 2 is 1.86 bits per heavy atom. The van der Waals surface area contributed by atoms with Gasteiger partial charge in [-0.2, -0.15) is 0 Å². The number of H-pyrrole nitrogens is 1. The fraction of sp³-hybridized carbons (Fsp3) is 0.294. The highest BCUT2D eigenvalue weighted by molar-refractivity contribution is 7.99. The Balaban J connectivity index is 1.36. The highest BCUT2D eigenvalue weighted by atomic mass is 32.2. The van der Waals surface area contributed by atoms with Gasteiger partial charge in [0.25, 0.3) is 0 Å². The number of aromatic nitrogens is 3. The lowest BCUT2D eigenvalue weighted by Gasteiger charge is -2.00. The van der Waals surface area contributed by atoms with Crippen LogP contribution >= 0.6 is 11.8 Å². The average molecular weight is 297 g/mol. The molecule has 3 rings (SSSR count). The van der Waals surface area contributed by atoms with Gasteiger partial charge >= 0.3 is 0 Å². The molecule has 0 saturated carbocycles. The third-order valence-electron chi connectivity index (χ3n) is 3.38. The van der Waals surface area contributed by atoms with Crippen LogP contribution in [0.1, 0.15) is 25.1 Å². The number of para-hydroxylation sites is 2. The Hall–Kier alpha value is -1.81. The van der Waals surface area contributed by atoms with Gasteiger partial charge < -0.3 is 4.98 Å². The van der Waals surface area contributed by atoms with E-state index in [1.54, 1.807) is 0 Å². The van der Waals surface area contributed by atoms with Gasteiger partial charge in [-0.25, -0.2) is 9.97 Å². The molecule has 3 aromatic rings. The summed E-state index contributed by atoms with van der Waals surface area (Å²) in [6, 6.07) is 14.3. The second-order valence-corrected chi connectivity index (χ2v) is 6.14. The zero-order valence-corrected chi connectivity index (χ0v) is 12.8. The summed E-state index contributed by atoms with van der Waals surface area (Å²) in [5.41, 5.74) is 2.21. The normalized spacial score (nSPS) is 11.0. The van der Waals surface area contributed by atoms with Gasteiger partial charge in [-0.1, -0.05) is 24.6 Å². The number of aryl methyl sites for hydroxylation is 1. The monoisotopic (exact) mass is 297 g/mol. The number of imidazole rings is 1. The van der Waals surface area contributed by atoms with Crippen molar-refractivity contribution in [1.29, 1.82) is 0 Å². The summed E-state index contributed by atoms with van der Waals surface area (Å²) in [4.78, 5) is 12.3. The quantitative estimate of drug-likeness (QED) is 0.517. The van der Waals surface area contributed by atoms with E-state index in [1.165, 1.54) is 19.3 Å². The number of hydrogen-bond donors (Lipinski definition) is 1. The summed E-state index contributed by atoms with van der Waals surface area (Å²) >= 11 is 1.84. The van der Waals surface area contributed by atoms with Crippen molar-refractivity contribution in [1.82, 2.24) is 15.0 Å². The lowest BCUT2D eigenvalue weighted by molar-refractivity contribution is 0.704. The number of rotatable bonds is 7. The van der Waals surface area contributed by atoms with Crippen molar-refractivity contribution in [2.24, 2.45) is 0 Å². The Kier molecular flexibility index (Phi) is 4.90. The van der Waals surface area contributed by atoms with Crippen LogP contribution in [-0.4, -0.2) is 20.7 Å². The number of pyridine rings is 1. The van der Waals surface area contributed by atoms with E-state index in [1.807, 2.05) is 42.2 Å². The van der Waals surface area contributed by atoms with E-state index in [4.69, 9.17) is 0 Å². The van der Waals surface area contributed by atoms with Crippen LogP contribution in [0.4, 0.5) is 0 Å². The van der Waals surface area contributed by atoms with Crippen LogP contribution in [-0.2, 0) is 6.42 Å². The molecule has 2 heterocycles. The molecule has 0 radical (unpaired) electrons. The van der Waals surface area contributed by atoms with Gasteiger partial charge in [0.05, 0.1) is 16.1 Å². The van der Waals surface area contributed by atoms with E-state index in [0.29, 0.717) is 0 Å². The molecule has 3 nitrogen and oxygen atoms in total. The summed E-state index contributed by atoms with van der Waals surface area (Å²) in [6.07, 6.45) is 6.52. The number of fused-ring (bicyclic) bond motifs is 1. The number of thioether (sulfide) groups is 1. The maximum atomic E-state index is 4.61. The van der Waals surface area contributed by atoms with Crippen molar-refractivity contribution in [3.8, 4) is 0 Å². The molecule has 4 heteroatoms. The zero-order valence-electron chi connectivity index (χ0n) is 12.0. The summed E-state index contributed by atoms with van der Waals surface area (Å²) in [5, 5.41) is 1.12. The molecule has 1 aromatic carbocycles. The third-order valence-corrected chi connectivity index (χ3v) is 4.41. The van der Waals surface area contributed by atoms with Crippen molar-refractivity contribution in [2.75, 3.05) is 5.75 Å². The molecule has 0 aliphatic heterocycles. The van der Waals surface area contributed by atoms with Gasteiger partial charge in [-0.05, 0) is 42.9 Å². The molecule has 0 amide bonds. The fourth-order valence-corrected chi connectivity index (χ4v) is 3.17. The first kappa shape index (κ1) is 14.1. The minimum Gasteiger partial charge on any atom is -0.342 e. The number of nitrogens with zero attached hydrogens (tertiary/aromatic N) is 2. The predicted octanol–water partition coefficient (Wildman–Crippen LogP) is 4.46. The number of unbranched alkanes of at least 4 members (excludes halogenated alkanes) is 2. The molecule has 0 aliphatic rings. The first-order chi connectivity index (χ1) is 10.4. The van der Waals surface area contributed by atoms with Crippen molar-refractivity contribution in [3.05, 3.63) is 54.5 Å². The smallest absolute Gasteiger partial charge is 0.107 e. The van der Waals surface area contributed by atoms with Gasteiger partial charge in [0.1, 0.15) is 5.82 Å². The molecular formula is C17H19N3S. The van der Waals surface area contributed by atoms with Gasteiger partial charge in [0.2, 0.25) is 0 Å². The topological polar surface area (TPSA) is 41.6 Å². The molecule has 0 unspecified atom stereocenters. The van der Waals surface area contributed by atoms with Crippen LogP contribution in [0.25, 0.3) is 11.0 Å².